The van der Waals surface area contributed by atoms with Gasteiger partial charge in [-0.05, 0) is 12.3 Å². The molecule has 0 saturated heterocycles. The monoisotopic (exact) mass is 169 g/mol. The highest BCUT2D eigenvalue weighted by Gasteiger charge is 2.12. The quantitative estimate of drug-likeness (QED) is 0.561. The molecule has 1 nitrogen and oxygen atoms in total. The summed E-state index contributed by atoms with van der Waals surface area (Å²) in [6, 6.07) is 0. The molecule has 0 atom stereocenters. The van der Waals surface area contributed by atoms with Gasteiger partial charge in [0, 0.05) is 0 Å². The third-order valence-corrected chi connectivity index (χ3v) is 2.98. The van der Waals surface area contributed by atoms with Crippen molar-refractivity contribution in [2.45, 2.75) is 57.8 Å². The van der Waals surface area contributed by atoms with E-state index in [0.717, 1.165) is 12.3 Å². The third-order valence-electron chi connectivity index (χ3n) is 2.98. The standard InChI is InChI=1S/C11H21O/c12-10-6-2-5-9-11-7-3-1-4-8-11/h11H,1-10H2. The summed E-state index contributed by atoms with van der Waals surface area (Å²) >= 11 is 0. The summed E-state index contributed by atoms with van der Waals surface area (Å²) in [6.45, 7) is 0.130. The van der Waals surface area contributed by atoms with E-state index in [1.54, 1.807) is 0 Å². The zero-order valence-electron chi connectivity index (χ0n) is 8.06. The molecule has 0 spiro atoms. The highest BCUT2D eigenvalue weighted by molar-refractivity contribution is 4.65. The van der Waals surface area contributed by atoms with E-state index >= 15 is 0 Å². The Bertz CT molecular complexity index is 95.2. The van der Waals surface area contributed by atoms with Crippen molar-refractivity contribution in [3.05, 3.63) is 0 Å². The molecule has 0 N–H and O–H groups in total. The topological polar surface area (TPSA) is 19.9 Å². The van der Waals surface area contributed by atoms with Gasteiger partial charge < -0.3 is 0 Å². The van der Waals surface area contributed by atoms with E-state index in [2.05, 4.69) is 0 Å². The molecule has 0 unspecified atom stereocenters. The van der Waals surface area contributed by atoms with Crippen LogP contribution in [0.25, 0.3) is 0 Å². The number of rotatable bonds is 5. The van der Waals surface area contributed by atoms with Gasteiger partial charge in [-0.15, -0.1) is 0 Å². The average molecular weight is 169 g/mol. The minimum atomic E-state index is 0.130. The van der Waals surface area contributed by atoms with Crippen molar-refractivity contribution in [2.75, 3.05) is 6.61 Å². The van der Waals surface area contributed by atoms with Crippen LogP contribution in [-0.4, -0.2) is 6.61 Å². The molecule has 1 radical (unpaired) electrons. The Labute approximate surface area is 76.2 Å². The summed E-state index contributed by atoms with van der Waals surface area (Å²) in [6.07, 6.45) is 12.0. The van der Waals surface area contributed by atoms with Crippen molar-refractivity contribution in [3.8, 4) is 0 Å². The summed E-state index contributed by atoms with van der Waals surface area (Å²) in [4.78, 5) is 0. The van der Waals surface area contributed by atoms with Gasteiger partial charge in [0.2, 0.25) is 0 Å². The minimum Gasteiger partial charge on any atom is -0.237 e. The van der Waals surface area contributed by atoms with Gasteiger partial charge in [-0.3, -0.25) is 0 Å². The van der Waals surface area contributed by atoms with Crippen LogP contribution in [0.5, 0.6) is 0 Å². The second kappa shape index (κ2) is 6.47. The van der Waals surface area contributed by atoms with Crippen LogP contribution in [-0.2, 0) is 5.11 Å². The zero-order chi connectivity index (χ0) is 8.65. The summed E-state index contributed by atoms with van der Waals surface area (Å²) in [5.41, 5.74) is 0. The van der Waals surface area contributed by atoms with Crippen molar-refractivity contribution in [3.63, 3.8) is 0 Å². The fourth-order valence-electron chi connectivity index (χ4n) is 2.19. The summed E-state index contributed by atoms with van der Waals surface area (Å²) in [7, 11) is 0. The Morgan fingerprint density at radius 1 is 0.917 bits per heavy atom. The van der Waals surface area contributed by atoms with E-state index in [0.29, 0.717) is 0 Å². The molecule has 0 aromatic rings. The van der Waals surface area contributed by atoms with Crippen LogP contribution in [0.4, 0.5) is 0 Å². The van der Waals surface area contributed by atoms with Crippen LogP contribution in [0.3, 0.4) is 0 Å². The van der Waals surface area contributed by atoms with Crippen molar-refractivity contribution in [2.24, 2.45) is 5.92 Å². The van der Waals surface area contributed by atoms with E-state index < -0.39 is 0 Å². The fourth-order valence-corrected chi connectivity index (χ4v) is 2.19. The Balaban J connectivity index is 1.91. The molecule has 1 aliphatic rings. The van der Waals surface area contributed by atoms with Gasteiger partial charge in [-0.1, -0.05) is 51.4 Å². The lowest BCUT2D eigenvalue weighted by molar-refractivity contribution is 0.184. The van der Waals surface area contributed by atoms with E-state index in [1.807, 2.05) is 0 Å². The zero-order valence-corrected chi connectivity index (χ0v) is 8.06. The normalized spacial score (nSPS) is 19.8. The molecular formula is C11H21O. The first-order valence-corrected chi connectivity index (χ1v) is 5.51. The molecule has 1 aliphatic carbocycles. The highest BCUT2D eigenvalue weighted by Crippen LogP contribution is 2.27. The maximum absolute atomic E-state index is 10.2. The summed E-state index contributed by atoms with van der Waals surface area (Å²) in [5, 5.41) is 10.2. The smallest absolute Gasteiger partial charge is 0.0822 e. The first-order chi connectivity index (χ1) is 5.93. The van der Waals surface area contributed by atoms with Gasteiger partial charge in [-0.2, -0.15) is 0 Å². The first-order valence-electron chi connectivity index (χ1n) is 5.51. The minimum absolute atomic E-state index is 0.130. The molecule has 0 aromatic heterocycles. The Hall–Kier alpha value is -0.0400. The van der Waals surface area contributed by atoms with Crippen LogP contribution < -0.4 is 0 Å². The fraction of sp³-hybridized carbons (Fsp3) is 1.00. The van der Waals surface area contributed by atoms with E-state index in [4.69, 9.17) is 0 Å². The molecule has 0 bridgehead atoms. The van der Waals surface area contributed by atoms with E-state index in [9.17, 15) is 5.11 Å². The van der Waals surface area contributed by atoms with Gasteiger partial charge >= 0.3 is 0 Å². The molecular weight excluding hydrogens is 148 g/mol. The number of hydrogen-bond donors (Lipinski definition) is 0. The summed E-state index contributed by atoms with van der Waals surface area (Å²) in [5.74, 6) is 1.01. The molecule has 0 heterocycles. The lowest BCUT2D eigenvalue weighted by atomic mass is 9.86. The lowest BCUT2D eigenvalue weighted by Gasteiger charge is -2.21. The van der Waals surface area contributed by atoms with Gasteiger partial charge in [-0.25, -0.2) is 5.11 Å². The van der Waals surface area contributed by atoms with Crippen LogP contribution >= 0.6 is 0 Å². The maximum atomic E-state index is 10.2. The molecule has 1 rings (SSSR count). The maximum Gasteiger partial charge on any atom is 0.0822 e. The molecule has 1 saturated carbocycles. The van der Waals surface area contributed by atoms with Crippen molar-refractivity contribution in [1.29, 1.82) is 0 Å². The van der Waals surface area contributed by atoms with Crippen molar-refractivity contribution < 1.29 is 5.11 Å². The van der Waals surface area contributed by atoms with Crippen molar-refractivity contribution >= 4 is 0 Å². The van der Waals surface area contributed by atoms with Gasteiger partial charge in [0.25, 0.3) is 0 Å². The molecule has 0 aromatic carbocycles. The Morgan fingerprint density at radius 3 is 2.33 bits per heavy atom. The molecule has 0 aliphatic heterocycles. The van der Waals surface area contributed by atoms with Crippen LogP contribution in [0.2, 0.25) is 0 Å². The molecule has 12 heavy (non-hydrogen) atoms. The first kappa shape index (κ1) is 10.0. The van der Waals surface area contributed by atoms with Gasteiger partial charge in [0.1, 0.15) is 0 Å². The number of unbranched alkanes of at least 4 members (excludes halogenated alkanes) is 2. The second-order valence-electron chi connectivity index (χ2n) is 4.06. The number of hydrogen-bond acceptors (Lipinski definition) is 0. The predicted octanol–water partition coefficient (Wildman–Crippen LogP) is 3.56. The van der Waals surface area contributed by atoms with Gasteiger partial charge in [0.05, 0.1) is 6.61 Å². The molecule has 1 heteroatoms. The van der Waals surface area contributed by atoms with Crippen LogP contribution in [0.15, 0.2) is 0 Å². The predicted molar refractivity (Wildman–Crippen MR) is 50.6 cm³/mol. The average Bonchev–Trinajstić information content (AvgIpc) is 2.14. The largest absolute Gasteiger partial charge is 0.237 e. The van der Waals surface area contributed by atoms with Gasteiger partial charge in [0.15, 0.2) is 0 Å². The third kappa shape index (κ3) is 4.10. The molecule has 71 valence electrons. The van der Waals surface area contributed by atoms with E-state index in [-0.39, 0.29) is 6.61 Å². The molecule has 0 amide bonds. The van der Waals surface area contributed by atoms with Crippen LogP contribution in [0, 0.1) is 5.92 Å². The molecule has 1 fully saturated rings. The van der Waals surface area contributed by atoms with Crippen LogP contribution in [0.1, 0.15) is 57.8 Å². The van der Waals surface area contributed by atoms with E-state index in [1.165, 1.54) is 51.4 Å². The SMILES string of the molecule is [O]CCCCCC1CCCCC1. The highest BCUT2D eigenvalue weighted by atomic mass is 16.2. The second-order valence-corrected chi connectivity index (χ2v) is 4.06. The Morgan fingerprint density at radius 2 is 1.67 bits per heavy atom. The van der Waals surface area contributed by atoms with Crippen molar-refractivity contribution in [1.82, 2.24) is 0 Å². The summed E-state index contributed by atoms with van der Waals surface area (Å²) < 4.78 is 0. The Kier molecular flexibility index (Phi) is 5.42. The lowest BCUT2D eigenvalue weighted by Crippen LogP contribution is -2.05.